The van der Waals surface area contributed by atoms with Crippen molar-refractivity contribution in [1.82, 2.24) is 0 Å². The van der Waals surface area contributed by atoms with Gasteiger partial charge in [-0.2, -0.15) is 0 Å². The Bertz CT molecular complexity index is 1540. The molecule has 11 atom stereocenters. The Morgan fingerprint density at radius 2 is 0.863 bits per heavy atom. The van der Waals surface area contributed by atoms with Gasteiger partial charge in [-0.1, -0.05) is 170 Å². The SMILES string of the molecule is CC/C=C\C/C=C\C/C=C\C/C=C\CCCCCCCCCCCCC(=O)OC(COC(=O)CCCCCCC/C=C\C/C=C\CCCC)COC1OC(COC2OC(CO)C(O)C(O)C2O)C(O)C(O)C1O. The molecule has 0 bridgehead atoms. The summed E-state index contributed by atoms with van der Waals surface area (Å²) >= 11 is 0. The Kier molecular flexibility index (Phi) is 39.9. The zero-order chi connectivity index (χ0) is 53.2. The molecular formula is C58H98O15. The standard InChI is InChI=1S/C58H98O15/c1-3-5-7-9-11-13-15-17-19-20-21-22-23-24-25-26-27-29-31-33-35-37-39-41-50(61)71-46(43-68-49(60)40-38-36-34-32-30-28-18-16-14-12-10-8-6-4-2)44-69-57-56(67)54(65)52(63)48(73-57)45-70-58-55(66)53(64)51(62)47(42-59)72-58/h5,7,10-13,16-19,21-22,46-48,51-59,62-67H,3-4,6,8-9,14-15,20,23-45H2,1-2H3/b7-5-,12-10-,13-11-,18-16-,19-17-,22-21-. The molecule has 2 aliphatic heterocycles. The molecule has 2 fully saturated rings. The van der Waals surface area contributed by atoms with E-state index in [0.717, 1.165) is 103 Å². The molecule has 7 N–H and O–H groups in total. The minimum atomic E-state index is -1.77. The van der Waals surface area contributed by atoms with Crippen molar-refractivity contribution in [3.63, 3.8) is 0 Å². The van der Waals surface area contributed by atoms with Crippen LogP contribution in [0.1, 0.15) is 187 Å². The van der Waals surface area contributed by atoms with E-state index >= 15 is 0 Å². The molecule has 0 aliphatic carbocycles. The van der Waals surface area contributed by atoms with Crippen LogP contribution in [-0.2, 0) is 38.0 Å². The third kappa shape index (κ3) is 31.6. The predicted molar refractivity (Wildman–Crippen MR) is 284 cm³/mol. The fourth-order valence-electron chi connectivity index (χ4n) is 8.34. The molecule has 15 nitrogen and oxygen atoms in total. The first-order valence-corrected chi connectivity index (χ1v) is 28.0. The van der Waals surface area contributed by atoms with E-state index in [4.69, 9.17) is 28.4 Å². The first kappa shape index (κ1) is 66.1. The zero-order valence-corrected chi connectivity index (χ0v) is 44.6. The smallest absolute Gasteiger partial charge is 0.306 e. The van der Waals surface area contributed by atoms with Gasteiger partial charge in [-0.05, 0) is 77.0 Å². The zero-order valence-electron chi connectivity index (χ0n) is 44.6. The summed E-state index contributed by atoms with van der Waals surface area (Å²) in [6.07, 6.45) is 36.3. The summed E-state index contributed by atoms with van der Waals surface area (Å²) in [5.41, 5.74) is 0. The fraction of sp³-hybridized carbons (Fsp3) is 0.759. The van der Waals surface area contributed by atoms with Crippen LogP contribution in [0.15, 0.2) is 72.9 Å². The van der Waals surface area contributed by atoms with Gasteiger partial charge in [0, 0.05) is 12.8 Å². The molecule has 0 aromatic rings. The maximum absolute atomic E-state index is 13.1. The molecule has 420 valence electrons. The van der Waals surface area contributed by atoms with E-state index in [-0.39, 0.29) is 19.4 Å². The first-order chi connectivity index (χ1) is 35.5. The molecule has 11 unspecified atom stereocenters. The molecule has 0 aromatic carbocycles. The van der Waals surface area contributed by atoms with Crippen LogP contribution in [0, 0.1) is 0 Å². The lowest BCUT2D eigenvalue weighted by Crippen LogP contribution is -2.61. The highest BCUT2D eigenvalue weighted by Crippen LogP contribution is 2.26. The Morgan fingerprint density at radius 3 is 1.36 bits per heavy atom. The molecule has 2 aliphatic rings. The van der Waals surface area contributed by atoms with Crippen LogP contribution in [0.2, 0.25) is 0 Å². The van der Waals surface area contributed by atoms with E-state index in [9.17, 15) is 45.3 Å². The molecule has 2 heterocycles. The molecular weight excluding hydrogens is 937 g/mol. The van der Waals surface area contributed by atoms with Crippen molar-refractivity contribution < 1.29 is 73.8 Å². The second-order valence-corrected chi connectivity index (χ2v) is 19.4. The Hall–Kier alpha value is -3.06. The van der Waals surface area contributed by atoms with E-state index in [2.05, 4.69) is 86.8 Å². The van der Waals surface area contributed by atoms with Crippen LogP contribution < -0.4 is 0 Å². The van der Waals surface area contributed by atoms with Crippen molar-refractivity contribution in [3.05, 3.63) is 72.9 Å². The normalized spacial score (nSPS) is 25.4. The van der Waals surface area contributed by atoms with E-state index in [1.54, 1.807) is 0 Å². The Morgan fingerprint density at radius 1 is 0.452 bits per heavy atom. The van der Waals surface area contributed by atoms with Crippen LogP contribution >= 0.6 is 0 Å². The Labute approximate surface area is 438 Å². The highest BCUT2D eigenvalue weighted by molar-refractivity contribution is 5.70. The lowest BCUT2D eigenvalue weighted by molar-refractivity contribution is -0.332. The van der Waals surface area contributed by atoms with Crippen LogP contribution in [0.25, 0.3) is 0 Å². The topological polar surface area (TPSA) is 231 Å². The van der Waals surface area contributed by atoms with Gasteiger partial charge >= 0.3 is 11.9 Å². The molecule has 2 rings (SSSR count). The quantitative estimate of drug-likeness (QED) is 0.0172. The molecule has 15 heteroatoms. The number of hydrogen-bond acceptors (Lipinski definition) is 15. The van der Waals surface area contributed by atoms with Crippen LogP contribution in [0.3, 0.4) is 0 Å². The van der Waals surface area contributed by atoms with Crippen molar-refractivity contribution in [2.24, 2.45) is 0 Å². The third-order valence-electron chi connectivity index (χ3n) is 12.9. The van der Waals surface area contributed by atoms with Gasteiger partial charge in [0.15, 0.2) is 18.7 Å². The average Bonchev–Trinajstić information content (AvgIpc) is 3.38. The number of ether oxygens (including phenoxy) is 6. The predicted octanol–water partition coefficient (Wildman–Crippen LogP) is 8.99. The van der Waals surface area contributed by atoms with Crippen molar-refractivity contribution in [2.45, 2.75) is 255 Å². The molecule has 73 heavy (non-hydrogen) atoms. The number of unbranched alkanes of at least 4 members (excludes halogenated alkanes) is 17. The first-order valence-electron chi connectivity index (χ1n) is 28.0. The van der Waals surface area contributed by atoms with Crippen LogP contribution in [0.5, 0.6) is 0 Å². The lowest BCUT2D eigenvalue weighted by Gasteiger charge is -2.42. The maximum Gasteiger partial charge on any atom is 0.306 e. The van der Waals surface area contributed by atoms with Gasteiger partial charge in [0.1, 0.15) is 55.4 Å². The summed E-state index contributed by atoms with van der Waals surface area (Å²) in [4.78, 5) is 25.8. The van der Waals surface area contributed by atoms with Crippen LogP contribution in [0.4, 0.5) is 0 Å². The molecule has 0 radical (unpaired) electrons. The minimum absolute atomic E-state index is 0.153. The number of carbonyl (C=O) groups excluding carboxylic acids is 2. The van der Waals surface area contributed by atoms with Crippen molar-refractivity contribution in [2.75, 3.05) is 26.4 Å². The fourth-order valence-corrected chi connectivity index (χ4v) is 8.34. The summed E-state index contributed by atoms with van der Waals surface area (Å²) in [5, 5.41) is 72.2. The third-order valence-corrected chi connectivity index (χ3v) is 12.9. The Balaban J connectivity index is 1.76. The highest BCUT2D eigenvalue weighted by atomic mass is 16.7. The minimum Gasteiger partial charge on any atom is -0.462 e. The van der Waals surface area contributed by atoms with Gasteiger partial charge in [-0.25, -0.2) is 0 Å². The van der Waals surface area contributed by atoms with Gasteiger partial charge in [-0.3, -0.25) is 9.59 Å². The van der Waals surface area contributed by atoms with Crippen molar-refractivity contribution in [3.8, 4) is 0 Å². The average molecular weight is 1040 g/mol. The maximum atomic E-state index is 13.1. The number of esters is 2. The van der Waals surface area contributed by atoms with Gasteiger partial charge in [0.2, 0.25) is 0 Å². The van der Waals surface area contributed by atoms with Crippen LogP contribution in [-0.4, -0.2) is 142 Å². The van der Waals surface area contributed by atoms with Gasteiger partial charge in [-0.15, -0.1) is 0 Å². The second kappa shape index (κ2) is 44.1. The number of aliphatic hydroxyl groups excluding tert-OH is 7. The van der Waals surface area contributed by atoms with E-state index < -0.39 is 99.3 Å². The van der Waals surface area contributed by atoms with Gasteiger partial charge < -0.3 is 64.2 Å². The molecule has 0 saturated carbocycles. The molecule has 0 aromatic heterocycles. The summed E-state index contributed by atoms with van der Waals surface area (Å²) in [5.74, 6) is -0.949. The summed E-state index contributed by atoms with van der Waals surface area (Å²) in [7, 11) is 0. The summed E-state index contributed by atoms with van der Waals surface area (Å²) in [6.45, 7) is 2.42. The second-order valence-electron chi connectivity index (χ2n) is 19.4. The van der Waals surface area contributed by atoms with E-state index in [1.165, 1.54) is 44.9 Å². The largest absolute Gasteiger partial charge is 0.462 e. The molecule has 0 amide bonds. The van der Waals surface area contributed by atoms with E-state index in [0.29, 0.717) is 12.8 Å². The number of hydrogen-bond donors (Lipinski definition) is 7. The molecule has 0 spiro atoms. The number of rotatable bonds is 43. The van der Waals surface area contributed by atoms with Gasteiger partial charge in [0.05, 0.1) is 19.8 Å². The van der Waals surface area contributed by atoms with Crippen molar-refractivity contribution >= 4 is 11.9 Å². The molecule has 2 saturated heterocycles. The highest BCUT2D eigenvalue weighted by Gasteiger charge is 2.47. The monoisotopic (exact) mass is 1030 g/mol. The lowest BCUT2D eigenvalue weighted by atomic mass is 9.98. The van der Waals surface area contributed by atoms with E-state index in [1.807, 2.05) is 0 Å². The summed E-state index contributed by atoms with van der Waals surface area (Å²) in [6, 6.07) is 0. The van der Waals surface area contributed by atoms with Gasteiger partial charge in [0.25, 0.3) is 0 Å². The summed E-state index contributed by atoms with van der Waals surface area (Å²) < 4.78 is 33.6. The number of aliphatic hydroxyl groups is 7. The number of allylic oxidation sites excluding steroid dienone is 12. The van der Waals surface area contributed by atoms with Crippen molar-refractivity contribution in [1.29, 1.82) is 0 Å². The number of carbonyl (C=O) groups is 2.